The van der Waals surface area contributed by atoms with Gasteiger partial charge in [0.1, 0.15) is 0 Å². The number of alkyl halides is 6. The Balaban J connectivity index is 1.81. The summed E-state index contributed by atoms with van der Waals surface area (Å²) in [6.45, 7) is 0. The smallest absolute Gasteiger partial charge is 0.430 e. The summed E-state index contributed by atoms with van der Waals surface area (Å²) in [5.74, 6) is -0.765. The van der Waals surface area contributed by atoms with Crippen LogP contribution in [0.3, 0.4) is 0 Å². The molecule has 0 radical (unpaired) electrons. The van der Waals surface area contributed by atoms with Crippen LogP contribution < -0.4 is 14.6 Å². The first-order chi connectivity index (χ1) is 21.9. The maximum atomic E-state index is 13.7. The second kappa shape index (κ2) is 12.3. The Labute approximate surface area is 273 Å². The molecular weight excluding hydrogens is 694 g/mol. The van der Waals surface area contributed by atoms with Crippen LogP contribution >= 0.6 is 22.9 Å². The van der Waals surface area contributed by atoms with Crippen LogP contribution in [0.2, 0.25) is 5.02 Å². The van der Waals surface area contributed by atoms with E-state index < -0.39 is 39.5 Å². The molecule has 0 aliphatic heterocycles. The zero-order valence-electron chi connectivity index (χ0n) is 24.1. The lowest BCUT2D eigenvalue weighted by molar-refractivity contribution is -0.376. The molecule has 0 bridgehead atoms. The SMILES string of the molecule is COc1ccc(S(N)(=O)=O)c([C@@H](c2cc3cccc(-c4cc(C(O)(C(F)(F)F)C(F)(F)F)ccn4)c3s2)c2ccccc2Cl)c1OC. The number of aromatic nitrogens is 1. The van der Waals surface area contributed by atoms with Gasteiger partial charge in [0, 0.05) is 37.5 Å². The first kappa shape index (κ1) is 34.4. The molecule has 0 fully saturated rings. The standard InChI is InChI=1S/C31H23ClF6N2O5S2/c1-44-22-10-11-24(47(39,42)43)26(27(22)45-2)25(18-7-3-4-9-20(18)32)23-14-16-6-5-8-19(28(16)46-23)21-15-17(12-13-40-21)29(41,30(33,34)35)31(36,37)38/h3-15,25,41H,1-2H3,(H2,39,42,43)/t25-/m1/s1. The molecule has 16 heteroatoms. The fraction of sp³-hybridized carbons (Fsp3) is 0.194. The maximum Gasteiger partial charge on any atom is 0.430 e. The highest BCUT2D eigenvalue weighted by Crippen LogP contribution is 2.52. The van der Waals surface area contributed by atoms with Crippen molar-refractivity contribution in [1.82, 2.24) is 4.98 Å². The van der Waals surface area contributed by atoms with Gasteiger partial charge in [-0.05, 0) is 47.3 Å². The van der Waals surface area contributed by atoms with E-state index in [-0.39, 0.29) is 38.2 Å². The molecule has 3 aromatic carbocycles. The Bertz CT molecular complexity index is 2070. The van der Waals surface area contributed by atoms with Crippen molar-refractivity contribution in [2.45, 2.75) is 28.8 Å². The Morgan fingerprint density at radius 1 is 0.915 bits per heavy atom. The average Bonchev–Trinajstić information content (AvgIpc) is 3.43. The highest BCUT2D eigenvalue weighted by molar-refractivity contribution is 7.89. The molecule has 2 aromatic heterocycles. The minimum atomic E-state index is -6.09. The lowest BCUT2D eigenvalue weighted by Crippen LogP contribution is -2.53. The highest BCUT2D eigenvalue weighted by Gasteiger charge is 2.71. The highest BCUT2D eigenvalue weighted by atomic mass is 35.5. The summed E-state index contributed by atoms with van der Waals surface area (Å²) in [4.78, 5) is 4.18. The fourth-order valence-electron chi connectivity index (χ4n) is 5.33. The minimum Gasteiger partial charge on any atom is -0.493 e. The van der Waals surface area contributed by atoms with Crippen LogP contribution in [0.25, 0.3) is 21.3 Å². The first-order valence-corrected chi connectivity index (χ1v) is 16.1. The third-order valence-corrected chi connectivity index (χ3v) is 10.0. The van der Waals surface area contributed by atoms with Gasteiger partial charge in [-0.15, -0.1) is 11.3 Å². The van der Waals surface area contributed by atoms with E-state index >= 15 is 0 Å². The molecule has 0 unspecified atom stereocenters. The normalized spacial score (nSPS) is 13.5. The summed E-state index contributed by atoms with van der Waals surface area (Å²) in [6.07, 6.45) is -11.4. The summed E-state index contributed by atoms with van der Waals surface area (Å²) in [7, 11) is -1.72. The maximum absolute atomic E-state index is 13.7. The topological polar surface area (TPSA) is 112 Å². The summed E-state index contributed by atoms with van der Waals surface area (Å²) in [6, 6.07) is 16.5. The summed E-state index contributed by atoms with van der Waals surface area (Å²) >= 11 is 7.71. The van der Waals surface area contributed by atoms with E-state index in [1.54, 1.807) is 36.4 Å². The van der Waals surface area contributed by atoms with Crippen LogP contribution in [0, 0.1) is 0 Å². The van der Waals surface area contributed by atoms with E-state index in [0.29, 0.717) is 32.7 Å². The molecule has 5 rings (SSSR count). The second-order valence-electron chi connectivity index (χ2n) is 10.2. The van der Waals surface area contributed by atoms with Gasteiger partial charge in [0.25, 0.3) is 5.60 Å². The number of hydrogen-bond acceptors (Lipinski definition) is 7. The van der Waals surface area contributed by atoms with E-state index in [1.165, 1.54) is 38.5 Å². The zero-order valence-corrected chi connectivity index (χ0v) is 26.5. The first-order valence-electron chi connectivity index (χ1n) is 13.3. The van der Waals surface area contributed by atoms with Crippen molar-refractivity contribution in [3.63, 3.8) is 0 Å². The van der Waals surface area contributed by atoms with Gasteiger partial charge in [-0.25, -0.2) is 13.6 Å². The number of hydrogen-bond donors (Lipinski definition) is 2. The molecule has 1 atom stereocenters. The van der Waals surface area contributed by atoms with Crippen LogP contribution in [0.4, 0.5) is 26.3 Å². The largest absolute Gasteiger partial charge is 0.493 e. The number of nitrogens with two attached hydrogens (primary N) is 1. The number of methoxy groups -OCH3 is 2. The third-order valence-electron chi connectivity index (χ3n) is 7.48. The number of benzene rings is 3. The Morgan fingerprint density at radius 2 is 1.60 bits per heavy atom. The number of thiophene rings is 1. The molecule has 0 aliphatic rings. The number of nitrogens with zero attached hydrogens (tertiary/aromatic N) is 1. The molecule has 248 valence electrons. The van der Waals surface area contributed by atoms with E-state index in [9.17, 15) is 39.9 Å². The van der Waals surface area contributed by atoms with Gasteiger partial charge >= 0.3 is 12.4 Å². The van der Waals surface area contributed by atoms with Crippen molar-refractivity contribution in [2.24, 2.45) is 5.14 Å². The molecule has 47 heavy (non-hydrogen) atoms. The average molecular weight is 717 g/mol. The van der Waals surface area contributed by atoms with Crippen molar-refractivity contribution >= 4 is 43.0 Å². The number of aliphatic hydroxyl groups is 1. The van der Waals surface area contributed by atoms with Crippen LogP contribution in [0.1, 0.15) is 27.5 Å². The van der Waals surface area contributed by atoms with E-state index in [4.69, 9.17) is 26.2 Å². The van der Waals surface area contributed by atoms with Gasteiger partial charge in [-0.2, -0.15) is 26.3 Å². The Kier molecular flexibility index (Phi) is 9.00. The molecular formula is C31H23ClF6N2O5S2. The predicted molar refractivity (Wildman–Crippen MR) is 164 cm³/mol. The van der Waals surface area contributed by atoms with Crippen molar-refractivity contribution in [3.05, 3.63) is 106 Å². The van der Waals surface area contributed by atoms with Crippen LogP contribution in [0.5, 0.6) is 11.5 Å². The zero-order chi connectivity index (χ0) is 34.5. The number of sulfonamides is 1. The Hall–Kier alpha value is -3.89. The predicted octanol–water partition coefficient (Wildman–Crippen LogP) is 7.77. The van der Waals surface area contributed by atoms with Crippen LogP contribution in [-0.4, -0.2) is 45.1 Å². The van der Waals surface area contributed by atoms with Gasteiger partial charge in [0.05, 0.1) is 30.7 Å². The fourth-order valence-corrected chi connectivity index (χ4v) is 7.66. The van der Waals surface area contributed by atoms with E-state index in [0.717, 1.165) is 17.5 Å². The van der Waals surface area contributed by atoms with E-state index in [2.05, 4.69) is 4.98 Å². The molecule has 5 aromatic rings. The lowest BCUT2D eigenvalue weighted by Gasteiger charge is -2.32. The molecule has 3 N–H and O–H groups in total. The summed E-state index contributed by atoms with van der Waals surface area (Å²) in [5, 5.41) is 16.4. The van der Waals surface area contributed by atoms with Crippen LogP contribution in [-0.2, 0) is 15.6 Å². The molecule has 0 aliphatic carbocycles. The Morgan fingerprint density at radius 3 is 2.19 bits per heavy atom. The number of primary sulfonamides is 1. The number of rotatable bonds is 8. The van der Waals surface area contributed by atoms with Gasteiger partial charge in [-0.1, -0.05) is 48.0 Å². The van der Waals surface area contributed by atoms with Gasteiger partial charge in [-0.3, -0.25) is 4.98 Å². The molecule has 0 saturated heterocycles. The minimum absolute atomic E-state index is 0.0366. The second-order valence-corrected chi connectivity index (χ2v) is 13.2. The summed E-state index contributed by atoms with van der Waals surface area (Å²) < 4.78 is 119. The molecule has 2 heterocycles. The van der Waals surface area contributed by atoms with Crippen LogP contribution in [0.15, 0.2) is 83.9 Å². The van der Waals surface area contributed by atoms with Gasteiger partial charge in [0.15, 0.2) is 11.5 Å². The van der Waals surface area contributed by atoms with E-state index in [1.807, 2.05) is 0 Å². The van der Waals surface area contributed by atoms with Gasteiger partial charge in [0.2, 0.25) is 10.0 Å². The molecule has 0 saturated carbocycles. The molecule has 0 amide bonds. The summed E-state index contributed by atoms with van der Waals surface area (Å²) in [5.41, 5.74) is -6.25. The number of ether oxygens (including phenoxy) is 2. The van der Waals surface area contributed by atoms with Crippen molar-refractivity contribution < 1.29 is 49.3 Å². The number of pyridine rings is 1. The molecule has 0 spiro atoms. The number of fused-ring (bicyclic) bond motifs is 1. The van der Waals surface area contributed by atoms with Gasteiger partial charge < -0.3 is 14.6 Å². The molecule has 7 nitrogen and oxygen atoms in total. The monoisotopic (exact) mass is 716 g/mol. The third kappa shape index (κ3) is 6.02. The van der Waals surface area contributed by atoms with Crippen molar-refractivity contribution in [3.8, 4) is 22.8 Å². The lowest BCUT2D eigenvalue weighted by atomic mass is 9.88. The quantitative estimate of drug-likeness (QED) is 0.159. The van der Waals surface area contributed by atoms with Crippen molar-refractivity contribution in [1.29, 1.82) is 0 Å². The number of halogens is 7. The van der Waals surface area contributed by atoms with Crippen molar-refractivity contribution in [2.75, 3.05) is 14.2 Å².